The Labute approximate surface area is 286 Å². The lowest BCUT2D eigenvalue weighted by Crippen LogP contribution is -2.41. The van der Waals surface area contributed by atoms with Gasteiger partial charge in [0.2, 0.25) is 5.91 Å². The van der Waals surface area contributed by atoms with Gasteiger partial charge in [-0.2, -0.15) is 0 Å². The Bertz CT molecular complexity index is 2100. The number of carbonyl (C=O) groups is 2. The molecule has 0 atom stereocenters. The molecule has 1 aliphatic rings. The first kappa shape index (κ1) is 34.1. The summed E-state index contributed by atoms with van der Waals surface area (Å²) in [5, 5.41) is 5.76. The molecule has 0 saturated carbocycles. The van der Waals surface area contributed by atoms with E-state index >= 15 is 4.39 Å². The number of amides is 2. The first-order chi connectivity index (χ1) is 24.2. The van der Waals surface area contributed by atoms with Gasteiger partial charge in [-0.05, 0) is 86.4 Å². The number of aromatic nitrogens is 2. The fourth-order valence-corrected chi connectivity index (χ4v) is 5.77. The maximum Gasteiger partial charge on any atom is 0.267 e. The zero-order valence-electron chi connectivity index (χ0n) is 27.4. The predicted molar refractivity (Wildman–Crippen MR) is 183 cm³/mol. The largest absolute Gasteiger partial charge is 0.493 e. The number of nitrogens with one attached hydrogen (secondary N) is 2. The lowest BCUT2D eigenvalue weighted by Gasteiger charge is -2.31. The number of halogens is 2. The van der Waals surface area contributed by atoms with Crippen molar-refractivity contribution < 1.29 is 32.6 Å². The number of hydrogen-bond acceptors (Lipinski definition) is 8. The van der Waals surface area contributed by atoms with Gasteiger partial charge in [0.1, 0.15) is 17.1 Å². The summed E-state index contributed by atoms with van der Waals surface area (Å²) < 4.78 is 48.0. The summed E-state index contributed by atoms with van der Waals surface area (Å²) in [7, 11) is 3.16. The van der Waals surface area contributed by atoms with Crippen molar-refractivity contribution in [3.63, 3.8) is 0 Å². The Kier molecular flexibility index (Phi) is 10.3. The number of pyridine rings is 2. The number of likely N-dealkylation sites (tertiary alicyclic amines) is 1. The average Bonchev–Trinajstić information content (AvgIpc) is 3.12. The molecule has 2 aromatic heterocycles. The number of likely N-dealkylation sites (N-methyl/N-ethyl adjacent to an activating group) is 1. The Morgan fingerprint density at radius 3 is 2.50 bits per heavy atom. The number of methoxy groups -OCH3 is 1. The Hall–Kier alpha value is -5.82. The molecule has 0 unspecified atom stereocenters. The topological polar surface area (TPSA) is 124 Å². The van der Waals surface area contributed by atoms with Crippen LogP contribution in [0.1, 0.15) is 23.2 Å². The number of piperidine rings is 1. The Balaban J connectivity index is 1.13. The lowest BCUT2D eigenvalue weighted by molar-refractivity contribution is -0.122. The molecule has 2 N–H and O–H groups in total. The van der Waals surface area contributed by atoms with E-state index < -0.39 is 23.1 Å². The van der Waals surface area contributed by atoms with Gasteiger partial charge < -0.3 is 24.8 Å². The predicted octanol–water partition coefficient (Wildman–Crippen LogP) is 5.55. The van der Waals surface area contributed by atoms with Gasteiger partial charge in [-0.3, -0.25) is 28.8 Å². The van der Waals surface area contributed by atoms with Crippen molar-refractivity contribution in [2.45, 2.75) is 12.8 Å². The van der Waals surface area contributed by atoms with Crippen molar-refractivity contribution in [3.05, 3.63) is 113 Å². The van der Waals surface area contributed by atoms with E-state index in [4.69, 9.17) is 14.2 Å². The van der Waals surface area contributed by atoms with Gasteiger partial charge in [0.25, 0.3) is 11.5 Å². The van der Waals surface area contributed by atoms with Gasteiger partial charge >= 0.3 is 0 Å². The number of nitrogens with zero attached hydrogens (tertiary/aromatic N) is 3. The number of benzene rings is 3. The SMILES string of the molecule is CNC(=O)CN1CCC(COc2cc3nccc(Oc4ccc(NC(=O)c5cccn(-c6cccc(F)c6)c5=O)cc4F)c3cc2OC)CC1. The zero-order chi connectivity index (χ0) is 35.2. The average molecular weight is 684 g/mol. The van der Waals surface area contributed by atoms with Crippen LogP contribution in [0, 0.1) is 17.6 Å². The van der Waals surface area contributed by atoms with E-state index in [2.05, 4.69) is 20.5 Å². The summed E-state index contributed by atoms with van der Waals surface area (Å²) in [4.78, 5) is 44.3. The highest BCUT2D eigenvalue weighted by molar-refractivity contribution is 6.04. The normalized spacial score (nSPS) is 13.5. The highest BCUT2D eigenvalue weighted by atomic mass is 19.1. The quantitative estimate of drug-likeness (QED) is 0.186. The summed E-state index contributed by atoms with van der Waals surface area (Å²) in [5.41, 5.74) is 0.0377. The van der Waals surface area contributed by atoms with E-state index in [1.54, 1.807) is 37.5 Å². The molecule has 50 heavy (non-hydrogen) atoms. The van der Waals surface area contributed by atoms with Gasteiger partial charge in [0.15, 0.2) is 23.1 Å². The van der Waals surface area contributed by atoms with Crippen molar-refractivity contribution in [1.82, 2.24) is 19.8 Å². The molecule has 11 nitrogen and oxygen atoms in total. The van der Waals surface area contributed by atoms with E-state index in [0.29, 0.717) is 47.2 Å². The zero-order valence-corrected chi connectivity index (χ0v) is 27.4. The van der Waals surface area contributed by atoms with Crippen LogP contribution in [0.25, 0.3) is 16.6 Å². The molecular formula is C37H35F2N5O6. The molecule has 0 radical (unpaired) electrons. The molecular weight excluding hydrogens is 648 g/mol. The number of hydrogen-bond donors (Lipinski definition) is 2. The van der Waals surface area contributed by atoms with Crippen molar-refractivity contribution >= 4 is 28.4 Å². The summed E-state index contributed by atoms with van der Waals surface area (Å²) >= 11 is 0. The second-order valence-corrected chi connectivity index (χ2v) is 11.8. The van der Waals surface area contributed by atoms with Crippen LogP contribution in [0.4, 0.5) is 14.5 Å². The van der Waals surface area contributed by atoms with E-state index in [1.165, 1.54) is 55.8 Å². The van der Waals surface area contributed by atoms with Crippen molar-refractivity contribution in [3.8, 4) is 28.7 Å². The summed E-state index contributed by atoms with van der Waals surface area (Å²) in [6.45, 7) is 2.50. The van der Waals surface area contributed by atoms with E-state index in [9.17, 15) is 18.8 Å². The smallest absolute Gasteiger partial charge is 0.267 e. The molecule has 1 saturated heterocycles. The van der Waals surface area contributed by atoms with Crippen LogP contribution in [-0.4, -0.2) is 66.7 Å². The maximum atomic E-state index is 15.3. The number of rotatable bonds is 11. The number of carbonyl (C=O) groups excluding carboxylic acids is 2. The third-order valence-electron chi connectivity index (χ3n) is 8.50. The summed E-state index contributed by atoms with van der Waals surface area (Å²) in [6.07, 6.45) is 4.77. The minimum absolute atomic E-state index is 0.00169. The number of anilines is 1. The number of fused-ring (bicyclic) bond motifs is 1. The molecule has 6 rings (SSSR count). The van der Waals surface area contributed by atoms with Crippen LogP contribution in [-0.2, 0) is 4.79 Å². The van der Waals surface area contributed by atoms with Gasteiger partial charge in [-0.1, -0.05) is 6.07 Å². The highest BCUT2D eigenvalue weighted by Gasteiger charge is 2.22. The third-order valence-corrected chi connectivity index (χ3v) is 8.50. The number of ether oxygens (including phenoxy) is 3. The van der Waals surface area contributed by atoms with E-state index in [0.717, 1.165) is 36.6 Å². The van der Waals surface area contributed by atoms with Crippen molar-refractivity contribution in [1.29, 1.82) is 0 Å². The molecule has 2 amide bonds. The monoisotopic (exact) mass is 683 g/mol. The molecule has 1 aliphatic heterocycles. The van der Waals surface area contributed by atoms with Gasteiger partial charge in [-0.15, -0.1) is 0 Å². The highest BCUT2D eigenvalue weighted by Crippen LogP contribution is 2.38. The second-order valence-electron chi connectivity index (χ2n) is 11.8. The Morgan fingerprint density at radius 2 is 1.76 bits per heavy atom. The summed E-state index contributed by atoms with van der Waals surface area (Å²) in [6, 6.07) is 17.2. The van der Waals surface area contributed by atoms with Crippen LogP contribution >= 0.6 is 0 Å². The summed E-state index contributed by atoms with van der Waals surface area (Å²) in [5.74, 6) is -0.528. The van der Waals surface area contributed by atoms with Crippen LogP contribution in [0.15, 0.2) is 90.0 Å². The van der Waals surface area contributed by atoms with Crippen LogP contribution in [0.5, 0.6) is 23.0 Å². The van der Waals surface area contributed by atoms with Gasteiger partial charge in [0.05, 0.1) is 31.5 Å². The molecule has 0 bridgehead atoms. The van der Waals surface area contributed by atoms with Crippen molar-refractivity contribution in [2.24, 2.45) is 5.92 Å². The standard InChI is InChI=1S/C37H35F2N5O6/c1-40-35(45)21-43-15-11-23(12-16-43)22-49-34-20-30-28(19-33(34)48-2)31(10-13-41-30)50-32-9-8-25(18-29(32)39)42-36(46)27-7-4-14-44(37(27)47)26-6-3-5-24(38)17-26/h3-10,13-14,17-20,23H,11-12,15-16,21-22H2,1-2H3,(H,40,45)(H,42,46). The fourth-order valence-electron chi connectivity index (χ4n) is 5.77. The minimum Gasteiger partial charge on any atom is -0.493 e. The molecule has 5 aromatic rings. The second kappa shape index (κ2) is 15.2. The van der Waals surface area contributed by atoms with Gasteiger partial charge in [-0.25, -0.2) is 8.78 Å². The third kappa shape index (κ3) is 7.73. The molecule has 1 fully saturated rings. The molecule has 3 aromatic carbocycles. The van der Waals surface area contributed by atoms with Gasteiger partial charge in [0, 0.05) is 42.6 Å². The van der Waals surface area contributed by atoms with Crippen LogP contribution in [0.3, 0.4) is 0 Å². The molecule has 13 heteroatoms. The molecule has 0 spiro atoms. The molecule has 3 heterocycles. The van der Waals surface area contributed by atoms with E-state index in [1.807, 2.05) is 0 Å². The first-order valence-corrected chi connectivity index (χ1v) is 16.0. The molecule has 258 valence electrons. The fraction of sp³-hybridized carbons (Fsp3) is 0.243. The minimum atomic E-state index is -0.759. The van der Waals surface area contributed by atoms with Crippen molar-refractivity contribution in [2.75, 3.05) is 45.7 Å². The maximum absolute atomic E-state index is 15.3. The van der Waals surface area contributed by atoms with Crippen LogP contribution in [0.2, 0.25) is 0 Å². The van der Waals surface area contributed by atoms with E-state index in [-0.39, 0.29) is 28.6 Å². The van der Waals surface area contributed by atoms with Crippen LogP contribution < -0.4 is 30.4 Å². The lowest BCUT2D eigenvalue weighted by atomic mass is 9.98. The Morgan fingerprint density at radius 1 is 0.940 bits per heavy atom. The molecule has 0 aliphatic carbocycles. The first-order valence-electron chi connectivity index (χ1n) is 16.0.